The molecule has 3 rings (SSSR count). The monoisotopic (exact) mass is 293 g/mol. The van der Waals surface area contributed by atoms with E-state index in [0.29, 0.717) is 12.1 Å². The number of fused-ring (bicyclic) bond motifs is 1. The summed E-state index contributed by atoms with van der Waals surface area (Å²) in [4.78, 5) is 5.10. The molecule has 110 valence electrons. The van der Waals surface area contributed by atoms with Gasteiger partial charge in [-0.2, -0.15) is 0 Å². The summed E-state index contributed by atoms with van der Waals surface area (Å²) in [7, 11) is 0. The van der Waals surface area contributed by atoms with Crippen LogP contribution in [0, 0.1) is 0 Å². The van der Waals surface area contributed by atoms with E-state index >= 15 is 0 Å². The Kier molecular flexibility index (Phi) is 3.93. The molecular formula is C16H24ClN3. The molecule has 3 nitrogen and oxygen atoms in total. The lowest BCUT2D eigenvalue weighted by Crippen LogP contribution is -2.55. The van der Waals surface area contributed by atoms with E-state index in [1.807, 2.05) is 13.0 Å². The largest absolute Gasteiger partial charge is 0.365 e. The van der Waals surface area contributed by atoms with Gasteiger partial charge in [-0.25, -0.2) is 0 Å². The second-order valence-corrected chi connectivity index (χ2v) is 6.70. The lowest BCUT2D eigenvalue weighted by molar-refractivity contribution is 0.203. The van der Waals surface area contributed by atoms with Crippen LogP contribution >= 0.6 is 11.6 Å². The van der Waals surface area contributed by atoms with E-state index in [1.165, 1.54) is 19.4 Å². The van der Waals surface area contributed by atoms with Gasteiger partial charge in [0, 0.05) is 31.2 Å². The van der Waals surface area contributed by atoms with Crippen LogP contribution in [0.3, 0.4) is 0 Å². The summed E-state index contributed by atoms with van der Waals surface area (Å²) >= 11 is 6.50. The number of anilines is 1. The van der Waals surface area contributed by atoms with Crippen molar-refractivity contribution in [3.8, 4) is 0 Å². The molecule has 1 aromatic carbocycles. The maximum absolute atomic E-state index is 6.50. The van der Waals surface area contributed by atoms with E-state index in [1.54, 1.807) is 0 Å². The van der Waals surface area contributed by atoms with Crippen molar-refractivity contribution in [1.29, 1.82) is 0 Å². The molecule has 2 N–H and O–H groups in total. The fourth-order valence-corrected chi connectivity index (χ4v) is 3.86. The SMILES string of the molecule is CC1CN2CCCC2CN1c1ccc([C@@H](C)N)cc1Cl. The highest BCUT2D eigenvalue weighted by Crippen LogP contribution is 2.34. The van der Waals surface area contributed by atoms with Crippen molar-refractivity contribution in [2.75, 3.05) is 24.5 Å². The van der Waals surface area contributed by atoms with Crippen LogP contribution in [0.2, 0.25) is 5.02 Å². The molecule has 2 unspecified atom stereocenters. The van der Waals surface area contributed by atoms with Gasteiger partial charge in [-0.1, -0.05) is 17.7 Å². The van der Waals surface area contributed by atoms with Gasteiger partial charge in [0.1, 0.15) is 0 Å². The first-order chi connectivity index (χ1) is 9.56. The second kappa shape index (κ2) is 5.55. The average molecular weight is 294 g/mol. The summed E-state index contributed by atoms with van der Waals surface area (Å²) in [5.41, 5.74) is 8.19. The highest BCUT2D eigenvalue weighted by Gasteiger charge is 2.34. The Labute approximate surface area is 126 Å². The van der Waals surface area contributed by atoms with Gasteiger partial charge in [0.2, 0.25) is 0 Å². The standard InChI is InChI=1S/C16H24ClN3/c1-11-9-19-7-3-4-14(19)10-20(11)16-6-5-13(12(2)18)8-15(16)17/h5-6,8,11-12,14H,3-4,7,9-10,18H2,1-2H3/t11?,12-,14?/m1/s1. The second-order valence-electron chi connectivity index (χ2n) is 6.29. The quantitative estimate of drug-likeness (QED) is 0.910. The minimum absolute atomic E-state index is 0.0330. The third-order valence-corrected chi connectivity index (χ3v) is 5.05. The fraction of sp³-hybridized carbons (Fsp3) is 0.625. The van der Waals surface area contributed by atoms with Crippen molar-refractivity contribution in [2.24, 2.45) is 5.73 Å². The zero-order chi connectivity index (χ0) is 14.3. The Morgan fingerprint density at radius 1 is 1.35 bits per heavy atom. The molecule has 0 aromatic heterocycles. The van der Waals surface area contributed by atoms with Crippen molar-refractivity contribution in [1.82, 2.24) is 4.90 Å². The van der Waals surface area contributed by atoms with Crippen LogP contribution in [-0.4, -0.2) is 36.6 Å². The Morgan fingerprint density at radius 2 is 2.15 bits per heavy atom. The molecule has 2 fully saturated rings. The number of hydrogen-bond donors (Lipinski definition) is 1. The minimum atomic E-state index is 0.0330. The Morgan fingerprint density at radius 3 is 2.85 bits per heavy atom. The maximum atomic E-state index is 6.50. The predicted molar refractivity (Wildman–Crippen MR) is 85.5 cm³/mol. The van der Waals surface area contributed by atoms with Crippen LogP contribution in [-0.2, 0) is 0 Å². The molecule has 0 saturated carbocycles. The van der Waals surface area contributed by atoms with Crippen molar-refractivity contribution >= 4 is 17.3 Å². The number of benzene rings is 1. The van der Waals surface area contributed by atoms with E-state index in [2.05, 4.69) is 28.9 Å². The molecule has 20 heavy (non-hydrogen) atoms. The summed E-state index contributed by atoms with van der Waals surface area (Å²) < 4.78 is 0. The third kappa shape index (κ3) is 2.54. The summed E-state index contributed by atoms with van der Waals surface area (Å²) in [6.07, 6.45) is 2.65. The van der Waals surface area contributed by atoms with Crippen molar-refractivity contribution in [2.45, 2.75) is 44.8 Å². The van der Waals surface area contributed by atoms with E-state index in [0.717, 1.165) is 29.4 Å². The van der Waals surface area contributed by atoms with Gasteiger partial charge in [-0.3, -0.25) is 4.90 Å². The van der Waals surface area contributed by atoms with E-state index < -0.39 is 0 Å². The molecule has 2 aliphatic rings. The van der Waals surface area contributed by atoms with Gasteiger partial charge >= 0.3 is 0 Å². The fourth-order valence-electron chi connectivity index (χ4n) is 3.56. The summed E-state index contributed by atoms with van der Waals surface area (Å²) in [6, 6.07) is 7.53. The van der Waals surface area contributed by atoms with Crippen molar-refractivity contribution in [3.05, 3.63) is 28.8 Å². The lowest BCUT2D eigenvalue weighted by atomic mass is 10.0. The highest BCUT2D eigenvalue weighted by atomic mass is 35.5. The molecule has 2 aliphatic heterocycles. The first-order valence-corrected chi connectivity index (χ1v) is 8.00. The molecule has 1 aromatic rings. The molecule has 4 heteroatoms. The number of hydrogen-bond acceptors (Lipinski definition) is 3. The van der Waals surface area contributed by atoms with Crippen LogP contribution in [0.25, 0.3) is 0 Å². The first-order valence-electron chi connectivity index (χ1n) is 7.62. The van der Waals surface area contributed by atoms with E-state index in [-0.39, 0.29) is 6.04 Å². The molecule has 0 radical (unpaired) electrons. The normalized spacial score (nSPS) is 28.5. The van der Waals surface area contributed by atoms with Crippen molar-refractivity contribution < 1.29 is 0 Å². The van der Waals surface area contributed by atoms with Crippen molar-refractivity contribution in [3.63, 3.8) is 0 Å². The maximum Gasteiger partial charge on any atom is 0.0643 e. The number of rotatable bonds is 2. The summed E-state index contributed by atoms with van der Waals surface area (Å²) in [5.74, 6) is 0. The Hall–Kier alpha value is -0.770. The molecule has 0 bridgehead atoms. The van der Waals surface area contributed by atoms with Gasteiger partial charge in [-0.15, -0.1) is 0 Å². The van der Waals surface area contributed by atoms with Gasteiger partial charge in [0.15, 0.2) is 0 Å². The Balaban J connectivity index is 1.84. The topological polar surface area (TPSA) is 32.5 Å². The predicted octanol–water partition coefficient (Wildman–Crippen LogP) is 3.03. The molecule has 0 spiro atoms. The van der Waals surface area contributed by atoms with Gasteiger partial charge in [0.05, 0.1) is 10.7 Å². The average Bonchev–Trinajstić information content (AvgIpc) is 2.84. The number of nitrogens with zero attached hydrogens (tertiary/aromatic N) is 2. The smallest absolute Gasteiger partial charge is 0.0643 e. The molecule has 0 amide bonds. The highest BCUT2D eigenvalue weighted by molar-refractivity contribution is 6.33. The molecule has 0 aliphatic carbocycles. The zero-order valence-corrected chi connectivity index (χ0v) is 13.1. The third-order valence-electron chi connectivity index (χ3n) is 4.74. The lowest BCUT2D eigenvalue weighted by Gasteiger charge is -2.44. The van der Waals surface area contributed by atoms with Crippen LogP contribution in [0.1, 0.15) is 38.3 Å². The zero-order valence-electron chi connectivity index (χ0n) is 12.3. The molecule has 2 saturated heterocycles. The van der Waals surface area contributed by atoms with Crippen LogP contribution in [0.5, 0.6) is 0 Å². The van der Waals surface area contributed by atoms with Gasteiger partial charge < -0.3 is 10.6 Å². The van der Waals surface area contributed by atoms with Crippen LogP contribution in [0.4, 0.5) is 5.69 Å². The minimum Gasteiger partial charge on any atom is -0.365 e. The molecular weight excluding hydrogens is 270 g/mol. The first kappa shape index (κ1) is 14.2. The molecule has 2 heterocycles. The summed E-state index contributed by atoms with van der Waals surface area (Å²) in [6.45, 7) is 7.80. The Bertz CT molecular complexity index is 489. The van der Waals surface area contributed by atoms with Gasteiger partial charge in [-0.05, 0) is 50.9 Å². The summed E-state index contributed by atoms with van der Waals surface area (Å²) in [5, 5.41) is 0.832. The van der Waals surface area contributed by atoms with E-state index in [9.17, 15) is 0 Å². The van der Waals surface area contributed by atoms with Gasteiger partial charge in [0.25, 0.3) is 0 Å². The molecule has 3 atom stereocenters. The van der Waals surface area contributed by atoms with Crippen LogP contribution < -0.4 is 10.6 Å². The number of piperazine rings is 1. The van der Waals surface area contributed by atoms with Crippen LogP contribution in [0.15, 0.2) is 18.2 Å². The van der Waals surface area contributed by atoms with E-state index in [4.69, 9.17) is 17.3 Å². The number of halogens is 1. The number of nitrogens with two attached hydrogens (primary N) is 1.